The van der Waals surface area contributed by atoms with Crippen LogP contribution in [0.15, 0.2) is 41.6 Å². The average molecular weight is 267 g/mol. The Morgan fingerprint density at radius 2 is 2.20 bits per heavy atom. The molecular formula is C13H13N7. The lowest BCUT2D eigenvalue weighted by Crippen LogP contribution is -2.21. The van der Waals surface area contributed by atoms with Gasteiger partial charge in [-0.3, -0.25) is 15.5 Å². The van der Waals surface area contributed by atoms with Gasteiger partial charge in [0.05, 0.1) is 11.4 Å². The van der Waals surface area contributed by atoms with Crippen LogP contribution < -0.4 is 11.2 Å². The number of hydrogen-bond acceptors (Lipinski definition) is 5. The Morgan fingerprint density at radius 3 is 2.80 bits per heavy atom. The Labute approximate surface area is 115 Å². The van der Waals surface area contributed by atoms with Crippen LogP contribution >= 0.6 is 0 Å². The van der Waals surface area contributed by atoms with E-state index < -0.39 is 0 Å². The minimum absolute atomic E-state index is 0.166. The van der Waals surface area contributed by atoms with Crippen LogP contribution in [0.3, 0.4) is 0 Å². The Bertz CT molecular complexity index is 706. The SMILES string of the molecule is Cn1ccc(-c2ccccc2N/N=C(\C#N)C(=N)N)n1. The van der Waals surface area contributed by atoms with Crippen molar-refractivity contribution in [1.29, 1.82) is 10.7 Å². The monoisotopic (exact) mass is 267 g/mol. The molecule has 4 N–H and O–H groups in total. The molecule has 0 spiro atoms. The number of benzene rings is 1. The van der Waals surface area contributed by atoms with Crippen molar-refractivity contribution < 1.29 is 0 Å². The molecule has 0 unspecified atom stereocenters. The molecule has 7 nitrogen and oxygen atoms in total. The molecule has 1 aromatic carbocycles. The van der Waals surface area contributed by atoms with E-state index in [1.807, 2.05) is 43.6 Å². The van der Waals surface area contributed by atoms with Gasteiger partial charge in [0.15, 0.2) is 5.84 Å². The fraction of sp³-hybridized carbons (Fsp3) is 0.0769. The van der Waals surface area contributed by atoms with Crippen molar-refractivity contribution in [3.05, 3.63) is 36.5 Å². The van der Waals surface area contributed by atoms with E-state index >= 15 is 0 Å². The third kappa shape index (κ3) is 2.81. The van der Waals surface area contributed by atoms with Gasteiger partial charge >= 0.3 is 0 Å². The van der Waals surface area contributed by atoms with Gasteiger partial charge in [0.25, 0.3) is 0 Å². The van der Waals surface area contributed by atoms with Crippen molar-refractivity contribution in [2.24, 2.45) is 17.9 Å². The van der Waals surface area contributed by atoms with E-state index in [4.69, 9.17) is 16.4 Å². The summed E-state index contributed by atoms with van der Waals surface area (Å²) < 4.78 is 1.70. The zero-order valence-corrected chi connectivity index (χ0v) is 10.8. The summed E-state index contributed by atoms with van der Waals surface area (Å²) in [6, 6.07) is 11.0. The number of para-hydroxylation sites is 1. The Hall–Kier alpha value is -3.14. The van der Waals surface area contributed by atoms with E-state index in [0.717, 1.165) is 11.3 Å². The highest BCUT2D eigenvalue weighted by Crippen LogP contribution is 2.26. The minimum Gasteiger partial charge on any atom is -0.382 e. The first-order chi connectivity index (χ1) is 9.61. The van der Waals surface area contributed by atoms with Crippen LogP contribution in [0.5, 0.6) is 0 Å². The van der Waals surface area contributed by atoms with Crippen molar-refractivity contribution in [1.82, 2.24) is 9.78 Å². The summed E-state index contributed by atoms with van der Waals surface area (Å²) in [6.45, 7) is 0. The fourth-order valence-electron chi connectivity index (χ4n) is 1.62. The predicted octanol–water partition coefficient (Wildman–Crippen LogP) is 1.31. The van der Waals surface area contributed by atoms with Crippen molar-refractivity contribution in [2.45, 2.75) is 0 Å². The van der Waals surface area contributed by atoms with Gasteiger partial charge in [0, 0.05) is 18.8 Å². The molecule has 2 rings (SSSR count). The quantitative estimate of drug-likeness (QED) is 0.440. The number of hydrogen-bond donors (Lipinski definition) is 3. The molecule has 0 saturated heterocycles. The van der Waals surface area contributed by atoms with E-state index in [0.29, 0.717) is 5.69 Å². The molecule has 0 fully saturated rings. The van der Waals surface area contributed by atoms with Crippen molar-refractivity contribution in [2.75, 3.05) is 5.43 Å². The molecule has 0 bridgehead atoms. The van der Waals surface area contributed by atoms with Crippen LogP contribution in [0.4, 0.5) is 5.69 Å². The summed E-state index contributed by atoms with van der Waals surface area (Å²) in [4.78, 5) is 0. The van der Waals surface area contributed by atoms with Gasteiger partial charge in [-0.2, -0.15) is 15.5 Å². The van der Waals surface area contributed by atoms with Crippen molar-refractivity contribution in [3.8, 4) is 17.3 Å². The number of nitriles is 1. The highest BCUT2D eigenvalue weighted by atomic mass is 15.3. The van der Waals surface area contributed by atoms with E-state index in [2.05, 4.69) is 15.6 Å². The molecule has 0 atom stereocenters. The number of hydrazone groups is 1. The largest absolute Gasteiger partial charge is 0.382 e. The Morgan fingerprint density at radius 1 is 1.45 bits per heavy atom. The van der Waals surface area contributed by atoms with E-state index in [-0.39, 0.29) is 11.5 Å². The molecule has 7 heteroatoms. The standard InChI is InChI=1S/C13H13N7/c1-20-7-6-11(19-20)9-4-2-3-5-10(9)17-18-12(8-14)13(15)16/h2-7,17H,1H3,(H3,15,16)/b18-12+. The average Bonchev–Trinajstić information content (AvgIpc) is 2.86. The molecule has 0 amide bonds. The van der Waals surface area contributed by atoms with Crippen LogP contribution in [-0.2, 0) is 7.05 Å². The fourth-order valence-corrected chi connectivity index (χ4v) is 1.62. The van der Waals surface area contributed by atoms with Gasteiger partial charge < -0.3 is 5.73 Å². The predicted molar refractivity (Wildman–Crippen MR) is 77.2 cm³/mol. The number of nitrogens with one attached hydrogen (secondary N) is 2. The van der Waals surface area contributed by atoms with Crippen LogP contribution in [0.25, 0.3) is 11.3 Å². The maximum Gasteiger partial charge on any atom is 0.201 e. The highest BCUT2D eigenvalue weighted by Gasteiger charge is 2.07. The Balaban J connectivity index is 2.35. The van der Waals surface area contributed by atoms with Gasteiger partial charge in [0.1, 0.15) is 6.07 Å². The number of amidine groups is 1. The van der Waals surface area contributed by atoms with Crippen LogP contribution in [0.2, 0.25) is 0 Å². The zero-order valence-electron chi connectivity index (χ0n) is 10.8. The summed E-state index contributed by atoms with van der Waals surface area (Å²) in [6.07, 6.45) is 1.84. The molecule has 100 valence electrons. The molecule has 1 heterocycles. The van der Waals surface area contributed by atoms with Crippen molar-refractivity contribution in [3.63, 3.8) is 0 Å². The number of aromatic nitrogens is 2. The summed E-state index contributed by atoms with van der Waals surface area (Å²) in [5.74, 6) is -0.379. The lowest BCUT2D eigenvalue weighted by atomic mass is 10.1. The summed E-state index contributed by atoms with van der Waals surface area (Å²) >= 11 is 0. The van der Waals surface area contributed by atoms with Crippen LogP contribution in [0.1, 0.15) is 0 Å². The van der Waals surface area contributed by atoms with Crippen LogP contribution in [-0.4, -0.2) is 21.3 Å². The number of anilines is 1. The molecular weight excluding hydrogens is 254 g/mol. The second-order valence-electron chi connectivity index (χ2n) is 4.02. The van der Waals surface area contributed by atoms with Gasteiger partial charge in [-0.15, -0.1) is 0 Å². The smallest absolute Gasteiger partial charge is 0.201 e. The topological polar surface area (TPSA) is 116 Å². The number of nitrogens with two attached hydrogens (primary N) is 1. The van der Waals surface area contributed by atoms with E-state index in [1.54, 1.807) is 10.8 Å². The number of aryl methyl sites for hydroxylation is 1. The third-order valence-electron chi connectivity index (χ3n) is 2.57. The third-order valence-corrected chi connectivity index (χ3v) is 2.57. The molecule has 0 aliphatic carbocycles. The first-order valence-electron chi connectivity index (χ1n) is 5.79. The first kappa shape index (κ1) is 13.3. The molecule has 0 aliphatic rings. The van der Waals surface area contributed by atoms with E-state index in [9.17, 15) is 0 Å². The highest BCUT2D eigenvalue weighted by molar-refractivity contribution is 6.45. The maximum absolute atomic E-state index is 8.81. The molecule has 0 aliphatic heterocycles. The number of rotatable bonds is 4. The number of nitrogens with zero attached hydrogens (tertiary/aromatic N) is 4. The Kier molecular flexibility index (Phi) is 3.77. The summed E-state index contributed by atoms with van der Waals surface area (Å²) in [7, 11) is 1.83. The lowest BCUT2D eigenvalue weighted by molar-refractivity contribution is 0.771. The van der Waals surface area contributed by atoms with Gasteiger partial charge in [-0.1, -0.05) is 18.2 Å². The summed E-state index contributed by atoms with van der Waals surface area (Å²) in [5.41, 5.74) is 10.1. The first-order valence-corrected chi connectivity index (χ1v) is 5.79. The minimum atomic E-state index is -0.379. The maximum atomic E-state index is 8.81. The van der Waals surface area contributed by atoms with Crippen LogP contribution in [0, 0.1) is 16.7 Å². The van der Waals surface area contributed by atoms with E-state index in [1.165, 1.54) is 0 Å². The molecule has 0 radical (unpaired) electrons. The summed E-state index contributed by atoms with van der Waals surface area (Å²) in [5, 5.41) is 24.2. The molecule has 20 heavy (non-hydrogen) atoms. The zero-order chi connectivity index (χ0) is 14.5. The lowest BCUT2D eigenvalue weighted by Gasteiger charge is -2.06. The van der Waals surface area contributed by atoms with Gasteiger partial charge in [-0.25, -0.2) is 0 Å². The molecule has 0 saturated carbocycles. The normalized spacial score (nSPS) is 10.9. The van der Waals surface area contributed by atoms with Gasteiger partial charge in [-0.05, 0) is 12.1 Å². The second-order valence-corrected chi connectivity index (χ2v) is 4.02. The van der Waals surface area contributed by atoms with Gasteiger partial charge in [0.2, 0.25) is 5.71 Å². The van der Waals surface area contributed by atoms with Crippen molar-refractivity contribution >= 4 is 17.2 Å². The molecule has 1 aromatic heterocycles. The molecule has 2 aromatic rings. The second kappa shape index (κ2) is 5.67.